The quantitative estimate of drug-likeness (QED) is 0.451. The van der Waals surface area contributed by atoms with Crippen LogP contribution < -0.4 is 15.2 Å². The van der Waals surface area contributed by atoms with E-state index < -0.39 is 0 Å². The molecule has 0 radical (unpaired) electrons. The van der Waals surface area contributed by atoms with Crippen LogP contribution in [-0.4, -0.2) is 36.8 Å². The van der Waals surface area contributed by atoms with Crippen LogP contribution in [0.25, 0.3) is 11.1 Å². The summed E-state index contributed by atoms with van der Waals surface area (Å²) in [5.41, 5.74) is 3.97. The zero-order valence-electron chi connectivity index (χ0n) is 17.5. The number of nitrogens with zero attached hydrogens (tertiary/aromatic N) is 2. The van der Waals surface area contributed by atoms with Gasteiger partial charge >= 0.3 is 5.76 Å². The number of para-hydroxylation sites is 2. The van der Waals surface area contributed by atoms with E-state index in [1.54, 1.807) is 30.1 Å². The smallest absolute Gasteiger partial charge is 0.419 e. The van der Waals surface area contributed by atoms with Crippen molar-refractivity contribution in [2.45, 2.75) is 19.0 Å². The molecule has 3 heterocycles. The van der Waals surface area contributed by atoms with E-state index in [0.29, 0.717) is 12.1 Å². The summed E-state index contributed by atoms with van der Waals surface area (Å²) in [5.74, 6) is 1.19. The first-order valence-electron chi connectivity index (χ1n) is 10.3. The summed E-state index contributed by atoms with van der Waals surface area (Å²) in [6, 6.07) is 16.1. The molecule has 1 aliphatic rings. The lowest BCUT2D eigenvalue weighted by Crippen LogP contribution is -2.38. The summed E-state index contributed by atoms with van der Waals surface area (Å²) < 4.78 is 18.2. The number of aromatic nitrogens is 1. The maximum absolute atomic E-state index is 12.4. The minimum atomic E-state index is -0.308. The molecule has 0 saturated carbocycles. The molecular formula is C24H24N2O4S. The van der Waals surface area contributed by atoms with Gasteiger partial charge in [-0.2, -0.15) is 0 Å². The van der Waals surface area contributed by atoms with Gasteiger partial charge in [-0.1, -0.05) is 18.2 Å². The van der Waals surface area contributed by atoms with Crippen molar-refractivity contribution in [3.8, 4) is 11.5 Å². The van der Waals surface area contributed by atoms with Crippen molar-refractivity contribution in [1.82, 2.24) is 9.47 Å². The average Bonchev–Trinajstić information content (AvgIpc) is 3.43. The van der Waals surface area contributed by atoms with Crippen molar-refractivity contribution in [2.24, 2.45) is 0 Å². The maximum atomic E-state index is 12.4. The number of methoxy groups -OCH3 is 2. The van der Waals surface area contributed by atoms with Gasteiger partial charge in [-0.05, 0) is 53.3 Å². The van der Waals surface area contributed by atoms with E-state index in [2.05, 4.69) is 34.5 Å². The third kappa shape index (κ3) is 3.54. The fourth-order valence-electron chi connectivity index (χ4n) is 4.47. The average molecular weight is 437 g/mol. The molecule has 1 unspecified atom stereocenters. The minimum Gasteiger partial charge on any atom is -0.493 e. The van der Waals surface area contributed by atoms with Crippen LogP contribution in [0.1, 0.15) is 22.0 Å². The Balaban J connectivity index is 1.50. The summed E-state index contributed by atoms with van der Waals surface area (Å²) in [4.78, 5) is 16.1. The van der Waals surface area contributed by atoms with Gasteiger partial charge in [0.15, 0.2) is 17.1 Å². The summed E-state index contributed by atoms with van der Waals surface area (Å²) >= 11 is 1.75. The van der Waals surface area contributed by atoms with Gasteiger partial charge < -0.3 is 13.9 Å². The molecule has 31 heavy (non-hydrogen) atoms. The van der Waals surface area contributed by atoms with Gasteiger partial charge in [0.2, 0.25) is 0 Å². The highest BCUT2D eigenvalue weighted by molar-refractivity contribution is 7.10. The number of hydrogen-bond acceptors (Lipinski definition) is 6. The Morgan fingerprint density at radius 1 is 1.06 bits per heavy atom. The van der Waals surface area contributed by atoms with E-state index in [0.717, 1.165) is 36.5 Å². The molecule has 0 saturated heterocycles. The molecule has 0 N–H and O–H groups in total. The molecule has 160 valence electrons. The van der Waals surface area contributed by atoms with Gasteiger partial charge in [0.25, 0.3) is 0 Å². The van der Waals surface area contributed by atoms with Gasteiger partial charge in [0, 0.05) is 24.5 Å². The van der Waals surface area contributed by atoms with Gasteiger partial charge in [-0.3, -0.25) is 9.47 Å². The fourth-order valence-corrected chi connectivity index (χ4v) is 5.35. The van der Waals surface area contributed by atoms with Gasteiger partial charge in [-0.25, -0.2) is 4.79 Å². The second-order valence-electron chi connectivity index (χ2n) is 7.60. The van der Waals surface area contributed by atoms with Crippen molar-refractivity contribution < 1.29 is 13.9 Å². The van der Waals surface area contributed by atoms with Crippen molar-refractivity contribution in [2.75, 3.05) is 27.3 Å². The Hall–Kier alpha value is -3.03. The number of benzene rings is 2. The van der Waals surface area contributed by atoms with Crippen molar-refractivity contribution in [3.63, 3.8) is 0 Å². The lowest BCUT2D eigenvalue weighted by molar-refractivity contribution is 0.205. The zero-order chi connectivity index (χ0) is 21.4. The Morgan fingerprint density at radius 2 is 1.87 bits per heavy atom. The second-order valence-corrected chi connectivity index (χ2v) is 8.58. The third-order valence-electron chi connectivity index (χ3n) is 5.97. The Bertz CT molecular complexity index is 1260. The fraction of sp³-hybridized carbons (Fsp3) is 0.292. The van der Waals surface area contributed by atoms with Crippen molar-refractivity contribution in [3.05, 3.63) is 80.5 Å². The largest absolute Gasteiger partial charge is 0.493 e. The monoisotopic (exact) mass is 436 g/mol. The van der Waals surface area contributed by atoms with Crippen LogP contribution >= 0.6 is 11.3 Å². The minimum absolute atomic E-state index is 0.109. The van der Waals surface area contributed by atoms with Gasteiger partial charge in [-0.15, -0.1) is 11.3 Å². The van der Waals surface area contributed by atoms with Crippen molar-refractivity contribution in [1.29, 1.82) is 0 Å². The topological polar surface area (TPSA) is 56.8 Å². The molecule has 6 nitrogen and oxygen atoms in total. The molecular weight excluding hydrogens is 412 g/mol. The first-order valence-corrected chi connectivity index (χ1v) is 11.2. The normalized spacial score (nSPS) is 16.4. The molecule has 0 spiro atoms. The third-order valence-corrected chi connectivity index (χ3v) is 6.90. The van der Waals surface area contributed by atoms with Crippen LogP contribution in [-0.2, 0) is 13.0 Å². The number of oxazole rings is 1. The lowest BCUT2D eigenvalue weighted by atomic mass is 9.91. The molecule has 1 atom stereocenters. The summed E-state index contributed by atoms with van der Waals surface area (Å²) in [5, 5.41) is 2.11. The molecule has 5 rings (SSSR count). The Kier molecular flexibility index (Phi) is 5.29. The number of thiophene rings is 1. The van der Waals surface area contributed by atoms with E-state index in [4.69, 9.17) is 13.9 Å². The zero-order valence-corrected chi connectivity index (χ0v) is 18.4. The predicted molar refractivity (Wildman–Crippen MR) is 121 cm³/mol. The molecule has 1 aliphatic heterocycles. The predicted octanol–water partition coefficient (Wildman–Crippen LogP) is 4.32. The Labute approximate surface area is 184 Å². The highest BCUT2D eigenvalue weighted by Crippen LogP contribution is 2.42. The highest BCUT2D eigenvalue weighted by atomic mass is 32.1. The van der Waals surface area contributed by atoms with Crippen LogP contribution in [0.5, 0.6) is 11.5 Å². The number of ether oxygens (including phenoxy) is 2. The van der Waals surface area contributed by atoms with E-state index in [1.165, 1.54) is 16.0 Å². The second kappa shape index (κ2) is 8.24. The van der Waals surface area contributed by atoms with Crippen LogP contribution in [0, 0.1) is 0 Å². The molecule has 2 aromatic carbocycles. The molecule has 2 aromatic heterocycles. The van der Waals surface area contributed by atoms with E-state index >= 15 is 0 Å². The first kappa shape index (κ1) is 19.9. The van der Waals surface area contributed by atoms with Crippen molar-refractivity contribution >= 4 is 22.4 Å². The molecule has 4 aromatic rings. The molecule has 0 bridgehead atoms. The molecule has 7 heteroatoms. The van der Waals surface area contributed by atoms with E-state index in [1.807, 2.05) is 24.3 Å². The summed E-state index contributed by atoms with van der Waals surface area (Å²) in [6.07, 6.45) is 0.915. The molecule has 0 fully saturated rings. The van der Waals surface area contributed by atoms with Crippen LogP contribution in [0.2, 0.25) is 0 Å². The number of rotatable bonds is 6. The summed E-state index contributed by atoms with van der Waals surface area (Å²) in [7, 11) is 3.34. The van der Waals surface area contributed by atoms with Crippen LogP contribution in [0.15, 0.2) is 63.1 Å². The van der Waals surface area contributed by atoms with Gasteiger partial charge in [0.1, 0.15) is 0 Å². The lowest BCUT2D eigenvalue weighted by Gasteiger charge is -2.37. The first-order chi connectivity index (χ1) is 15.2. The van der Waals surface area contributed by atoms with E-state index in [9.17, 15) is 4.79 Å². The standard InChI is InChI=1S/C24H24N2O4S/c1-28-20-14-16-9-10-25(11-12-26-18-6-3-4-7-19(18)30-24(26)27)23(22-8-5-13-31-22)17(16)15-21(20)29-2/h3-8,13-15,23H,9-12H2,1-2H3. The highest BCUT2D eigenvalue weighted by Gasteiger charge is 2.31. The maximum Gasteiger partial charge on any atom is 0.419 e. The SMILES string of the molecule is COc1cc2c(cc1OC)C(c1cccs1)N(CCn1c(=O)oc3ccccc31)CC2. The number of hydrogen-bond donors (Lipinski definition) is 0. The molecule has 0 aliphatic carbocycles. The van der Waals surface area contributed by atoms with E-state index in [-0.39, 0.29) is 11.8 Å². The molecule has 0 amide bonds. The number of fused-ring (bicyclic) bond motifs is 2. The summed E-state index contributed by atoms with van der Waals surface area (Å²) in [6.45, 7) is 2.20. The van der Waals surface area contributed by atoms with Crippen LogP contribution in [0.4, 0.5) is 0 Å². The Morgan fingerprint density at radius 3 is 2.65 bits per heavy atom. The van der Waals surface area contributed by atoms with Gasteiger partial charge in [0.05, 0.1) is 25.8 Å². The van der Waals surface area contributed by atoms with Crippen LogP contribution in [0.3, 0.4) is 0 Å².